The monoisotopic (exact) mass is 518 g/mol. The van der Waals surface area contributed by atoms with Gasteiger partial charge in [0.25, 0.3) is 0 Å². The van der Waals surface area contributed by atoms with Crippen molar-refractivity contribution in [2.24, 2.45) is 14.1 Å². The van der Waals surface area contributed by atoms with E-state index in [2.05, 4.69) is 31.2 Å². The topological polar surface area (TPSA) is 118 Å². The molecule has 0 radical (unpaired) electrons. The molecule has 0 aliphatic rings. The second kappa shape index (κ2) is 13.5. The first-order chi connectivity index (χ1) is 18.5. The van der Waals surface area contributed by atoms with Crippen LogP contribution in [0.5, 0.6) is 0 Å². The summed E-state index contributed by atoms with van der Waals surface area (Å²) in [5.74, 6) is 1.09. The molecule has 38 heavy (non-hydrogen) atoms. The van der Waals surface area contributed by atoms with Crippen LogP contribution in [0.2, 0.25) is 0 Å². The molecule has 10 heteroatoms. The van der Waals surface area contributed by atoms with Crippen LogP contribution in [0, 0.1) is 0 Å². The fourth-order valence-corrected chi connectivity index (χ4v) is 4.52. The molecule has 0 saturated heterocycles. The molecule has 4 rings (SSSR count). The molecular weight excluding hydrogens is 480 g/mol. The van der Waals surface area contributed by atoms with E-state index in [9.17, 15) is 9.59 Å². The maximum Gasteiger partial charge on any atom is 0.321 e. The summed E-state index contributed by atoms with van der Waals surface area (Å²) >= 11 is 0. The van der Waals surface area contributed by atoms with Gasteiger partial charge in [-0.1, -0.05) is 62.8 Å². The maximum atomic E-state index is 12.2. The van der Waals surface area contributed by atoms with Gasteiger partial charge in [0.05, 0.1) is 22.1 Å². The van der Waals surface area contributed by atoms with Crippen LogP contribution in [-0.4, -0.2) is 44.3 Å². The number of aromatic nitrogens is 4. The molecule has 0 saturated carbocycles. The number of hydrogen-bond acceptors (Lipinski definition) is 4. The lowest BCUT2D eigenvalue weighted by Crippen LogP contribution is -2.30. The number of nitrogens with zero attached hydrogens (tertiary/aromatic N) is 4. The molecule has 0 unspecified atom stereocenters. The predicted octanol–water partition coefficient (Wildman–Crippen LogP) is 5.52. The quantitative estimate of drug-likeness (QED) is 0.174. The number of aryl methyl sites for hydroxylation is 2. The maximum absolute atomic E-state index is 12.2. The van der Waals surface area contributed by atoms with Gasteiger partial charge in [-0.25, -0.2) is 19.6 Å². The van der Waals surface area contributed by atoms with E-state index in [1.807, 2.05) is 71.8 Å². The molecular formula is C28H38N8O2. The second-order valence-corrected chi connectivity index (χ2v) is 9.56. The van der Waals surface area contributed by atoms with Crippen molar-refractivity contribution in [1.29, 1.82) is 0 Å². The van der Waals surface area contributed by atoms with Crippen molar-refractivity contribution in [3.05, 3.63) is 48.5 Å². The standard InChI is InChI=1S/C28H38N8O2/c1-35-23-17-11-9-15-21(23)31-25(35)33-27(37)29-19-13-7-5-3-4-6-8-14-20-30-28(38)34-26-32-22-16-10-12-18-24(22)36(26)2/h9-12,15-18H,3-8,13-14,19-20H2,1-2H3,(H2,29,31,33,37)(H2,30,32,34,38). The van der Waals surface area contributed by atoms with Crippen molar-refractivity contribution < 1.29 is 9.59 Å². The zero-order chi connectivity index (χ0) is 26.7. The normalized spacial score (nSPS) is 11.1. The molecule has 10 nitrogen and oxygen atoms in total. The van der Waals surface area contributed by atoms with E-state index in [0.717, 1.165) is 60.6 Å². The molecule has 2 aromatic heterocycles. The largest absolute Gasteiger partial charge is 0.338 e. The molecule has 0 aliphatic carbocycles. The number of nitrogens with one attached hydrogen (secondary N) is 4. The Morgan fingerprint density at radius 3 is 1.37 bits per heavy atom. The van der Waals surface area contributed by atoms with Crippen LogP contribution in [0.4, 0.5) is 21.5 Å². The zero-order valence-electron chi connectivity index (χ0n) is 22.3. The first-order valence-corrected chi connectivity index (χ1v) is 13.5. The summed E-state index contributed by atoms with van der Waals surface area (Å²) in [6.07, 6.45) is 8.80. The number of imidazole rings is 2. The van der Waals surface area contributed by atoms with E-state index in [1.54, 1.807) is 0 Å². The Balaban J connectivity index is 0.973. The second-order valence-electron chi connectivity index (χ2n) is 9.56. The van der Waals surface area contributed by atoms with Crippen LogP contribution in [0.1, 0.15) is 51.4 Å². The Morgan fingerprint density at radius 1 is 0.605 bits per heavy atom. The highest BCUT2D eigenvalue weighted by Crippen LogP contribution is 2.18. The van der Waals surface area contributed by atoms with E-state index in [-0.39, 0.29) is 12.1 Å². The van der Waals surface area contributed by atoms with E-state index >= 15 is 0 Å². The Kier molecular flexibility index (Phi) is 9.55. The number of fused-ring (bicyclic) bond motifs is 2. The lowest BCUT2D eigenvalue weighted by molar-refractivity contribution is 0.250. The third-order valence-corrected chi connectivity index (χ3v) is 6.70. The van der Waals surface area contributed by atoms with E-state index in [1.165, 1.54) is 12.8 Å². The number of amides is 4. The van der Waals surface area contributed by atoms with Crippen LogP contribution < -0.4 is 21.3 Å². The summed E-state index contributed by atoms with van der Waals surface area (Å²) in [6.45, 7) is 1.30. The van der Waals surface area contributed by atoms with Crippen LogP contribution in [0.3, 0.4) is 0 Å². The van der Waals surface area contributed by atoms with Gasteiger partial charge < -0.3 is 19.8 Å². The highest BCUT2D eigenvalue weighted by atomic mass is 16.2. The smallest absolute Gasteiger partial charge is 0.321 e. The molecule has 2 aromatic carbocycles. The van der Waals surface area contributed by atoms with Gasteiger partial charge in [-0.15, -0.1) is 0 Å². The van der Waals surface area contributed by atoms with Crippen molar-refractivity contribution in [2.75, 3.05) is 23.7 Å². The number of hydrogen-bond donors (Lipinski definition) is 4. The molecule has 4 aromatic rings. The van der Waals surface area contributed by atoms with Crippen LogP contribution >= 0.6 is 0 Å². The van der Waals surface area contributed by atoms with Gasteiger partial charge in [0.1, 0.15) is 0 Å². The summed E-state index contributed by atoms with van der Waals surface area (Å²) < 4.78 is 3.76. The van der Waals surface area contributed by atoms with Gasteiger partial charge in [0.2, 0.25) is 11.9 Å². The summed E-state index contributed by atoms with van der Waals surface area (Å²) in [6, 6.07) is 15.2. The van der Waals surface area contributed by atoms with E-state index < -0.39 is 0 Å². The third kappa shape index (κ3) is 7.24. The van der Waals surface area contributed by atoms with Crippen LogP contribution in [-0.2, 0) is 14.1 Å². The molecule has 0 spiro atoms. The highest BCUT2D eigenvalue weighted by Gasteiger charge is 2.11. The summed E-state index contributed by atoms with van der Waals surface area (Å²) in [5.41, 5.74) is 3.70. The minimum absolute atomic E-state index is 0.223. The summed E-state index contributed by atoms with van der Waals surface area (Å²) in [7, 11) is 3.78. The van der Waals surface area contributed by atoms with Gasteiger partial charge >= 0.3 is 12.1 Å². The number of carbonyl (C=O) groups is 2. The molecule has 2 heterocycles. The van der Waals surface area contributed by atoms with Crippen molar-refractivity contribution in [2.45, 2.75) is 51.4 Å². The predicted molar refractivity (Wildman–Crippen MR) is 152 cm³/mol. The van der Waals surface area contributed by atoms with Gasteiger partial charge in [-0.05, 0) is 37.1 Å². The fourth-order valence-electron chi connectivity index (χ4n) is 4.52. The van der Waals surface area contributed by atoms with Crippen molar-refractivity contribution in [3.8, 4) is 0 Å². The van der Waals surface area contributed by atoms with E-state index in [0.29, 0.717) is 25.0 Å². The van der Waals surface area contributed by atoms with Gasteiger partial charge in [0.15, 0.2) is 0 Å². The summed E-state index contributed by atoms with van der Waals surface area (Å²) in [4.78, 5) is 33.3. The lowest BCUT2D eigenvalue weighted by Gasteiger charge is -2.08. The van der Waals surface area contributed by atoms with Crippen LogP contribution in [0.25, 0.3) is 22.1 Å². The number of benzene rings is 2. The number of carbonyl (C=O) groups excluding carboxylic acids is 2. The molecule has 202 valence electrons. The number of anilines is 2. The Labute approximate surface area is 223 Å². The SMILES string of the molecule is Cn1c(NC(=O)NCCCCCCCCCCNC(=O)Nc2nc3ccccc3n2C)nc2ccccc21. The van der Waals surface area contributed by atoms with Gasteiger partial charge in [-0.2, -0.15) is 0 Å². The van der Waals surface area contributed by atoms with Crippen molar-refractivity contribution >= 4 is 46.0 Å². The first-order valence-electron chi connectivity index (χ1n) is 13.5. The molecule has 0 aliphatic heterocycles. The minimum Gasteiger partial charge on any atom is -0.338 e. The van der Waals surface area contributed by atoms with Gasteiger partial charge in [0, 0.05) is 27.2 Å². The summed E-state index contributed by atoms with van der Waals surface area (Å²) in [5, 5.41) is 11.5. The number of urea groups is 2. The highest BCUT2D eigenvalue weighted by molar-refractivity contribution is 5.91. The number of unbranched alkanes of at least 4 members (excludes halogenated alkanes) is 7. The molecule has 4 N–H and O–H groups in total. The van der Waals surface area contributed by atoms with Gasteiger partial charge in [-0.3, -0.25) is 10.6 Å². The average molecular weight is 519 g/mol. The minimum atomic E-state index is -0.223. The van der Waals surface area contributed by atoms with Crippen LogP contribution in [0.15, 0.2) is 48.5 Å². The Morgan fingerprint density at radius 2 is 0.974 bits per heavy atom. The van der Waals surface area contributed by atoms with E-state index in [4.69, 9.17) is 0 Å². The number of para-hydroxylation sites is 4. The zero-order valence-corrected chi connectivity index (χ0v) is 22.3. The molecule has 0 atom stereocenters. The van der Waals surface area contributed by atoms with Crippen molar-refractivity contribution in [3.63, 3.8) is 0 Å². The lowest BCUT2D eigenvalue weighted by atomic mass is 10.1. The molecule has 4 amide bonds. The fraction of sp³-hybridized carbons (Fsp3) is 0.429. The number of rotatable bonds is 13. The molecule has 0 fully saturated rings. The Bertz CT molecular complexity index is 1260. The third-order valence-electron chi connectivity index (χ3n) is 6.70. The van der Waals surface area contributed by atoms with Crippen molar-refractivity contribution in [1.82, 2.24) is 29.7 Å². The first kappa shape index (κ1) is 27.0. The molecule has 0 bridgehead atoms. The Hall–Kier alpha value is -4.08. The average Bonchev–Trinajstić information content (AvgIpc) is 3.40.